The minimum absolute atomic E-state index is 0.131. The predicted molar refractivity (Wildman–Crippen MR) is 68.2 cm³/mol. The first kappa shape index (κ1) is 13.3. The fourth-order valence-electron chi connectivity index (χ4n) is 2.32. The summed E-state index contributed by atoms with van der Waals surface area (Å²) < 4.78 is 0. The molecular formula is C12H20N4O2. The van der Waals surface area contributed by atoms with E-state index in [0.717, 1.165) is 32.1 Å². The van der Waals surface area contributed by atoms with Crippen molar-refractivity contribution in [2.45, 2.75) is 6.54 Å². The summed E-state index contributed by atoms with van der Waals surface area (Å²) in [5.74, 6) is 0. The molecule has 1 aromatic rings. The molecule has 1 fully saturated rings. The van der Waals surface area contributed by atoms with Crippen molar-refractivity contribution in [2.75, 3.05) is 39.3 Å². The highest BCUT2D eigenvalue weighted by atomic mass is 16.8. The van der Waals surface area contributed by atoms with Gasteiger partial charge in [-0.05, 0) is 31.8 Å². The first-order chi connectivity index (χ1) is 8.54. The lowest BCUT2D eigenvalue weighted by Gasteiger charge is -2.38. The molecule has 1 aromatic carbocycles. The normalized spacial score (nSPS) is 19.1. The van der Waals surface area contributed by atoms with Crippen LogP contribution >= 0.6 is 0 Å². The highest BCUT2D eigenvalue weighted by molar-refractivity contribution is 5.42. The monoisotopic (exact) mass is 252 g/mol. The highest BCUT2D eigenvalue weighted by Crippen LogP contribution is 2.14. The van der Waals surface area contributed by atoms with Gasteiger partial charge in [-0.2, -0.15) is 0 Å². The molecule has 18 heavy (non-hydrogen) atoms. The molecule has 0 aromatic heterocycles. The van der Waals surface area contributed by atoms with E-state index in [0.29, 0.717) is 5.69 Å². The minimum Gasteiger partial charge on any atom is -0.280 e. The standard InChI is InChI=1S/C12H20N4O2/c1-13-8-14(2)10-15(9-13)7-11-3-5-12(6-4-11)16(17)18/h3-6,17-18H,7-10H2,1-2H3. The van der Waals surface area contributed by atoms with Crippen LogP contribution in [0, 0.1) is 0 Å². The zero-order valence-electron chi connectivity index (χ0n) is 10.8. The van der Waals surface area contributed by atoms with Crippen LogP contribution < -0.4 is 5.23 Å². The molecule has 0 spiro atoms. The molecule has 1 heterocycles. The summed E-state index contributed by atoms with van der Waals surface area (Å²) in [6.07, 6.45) is 0. The van der Waals surface area contributed by atoms with Crippen molar-refractivity contribution < 1.29 is 10.4 Å². The van der Waals surface area contributed by atoms with Crippen LogP contribution in [-0.2, 0) is 6.54 Å². The van der Waals surface area contributed by atoms with Gasteiger partial charge in [-0.1, -0.05) is 12.1 Å². The second-order valence-corrected chi connectivity index (χ2v) is 4.92. The van der Waals surface area contributed by atoms with Crippen LogP contribution in [0.5, 0.6) is 0 Å². The Bertz CT molecular complexity index is 372. The summed E-state index contributed by atoms with van der Waals surface area (Å²) >= 11 is 0. The summed E-state index contributed by atoms with van der Waals surface area (Å²) in [6.45, 7) is 3.72. The summed E-state index contributed by atoms with van der Waals surface area (Å²) in [5.41, 5.74) is 1.52. The molecule has 0 unspecified atom stereocenters. The third-order valence-corrected chi connectivity index (χ3v) is 2.94. The van der Waals surface area contributed by atoms with E-state index in [-0.39, 0.29) is 5.23 Å². The van der Waals surface area contributed by atoms with Gasteiger partial charge in [0.25, 0.3) is 0 Å². The van der Waals surface area contributed by atoms with Crippen molar-refractivity contribution in [1.29, 1.82) is 0 Å². The van der Waals surface area contributed by atoms with Crippen LogP contribution in [0.1, 0.15) is 5.56 Å². The SMILES string of the molecule is CN1CN(C)CN(Cc2ccc(N(O)O)cc2)C1. The van der Waals surface area contributed by atoms with E-state index in [1.165, 1.54) is 0 Å². The molecule has 0 saturated carbocycles. The lowest BCUT2D eigenvalue weighted by atomic mass is 10.2. The molecule has 2 rings (SSSR count). The topological polar surface area (TPSA) is 53.4 Å². The number of hydrogen-bond acceptors (Lipinski definition) is 6. The van der Waals surface area contributed by atoms with Gasteiger partial charge < -0.3 is 0 Å². The summed E-state index contributed by atoms with van der Waals surface area (Å²) in [7, 11) is 4.20. The van der Waals surface area contributed by atoms with Crippen LogP contribution in [0.4, 0.5) is 5.69 Å². The Morgan fingerprint density at radius 2 is 1.56 bits per heavy atom. The summed E-state index contributed by atoms with van der Waals surface area (Å²) in [6, 6.07) is 7.19. The van der Waals surface area contributed by atoms with Gasteiger partial charge in [0.15, 0.2) is 0 Å². The smallest absolute Gasteiger partial charge is 0.0942 e. The molecule has 6 nitrogen and oxygen atoms in total. The van der Waals surface area contributed by atoms with E-state index >= 15 is 0 Å². The Morgan fingerprint density at radius 3 is 2.06 bits per heavy atom. The van der Waals surface area contributed by atoms with Gasteiger partial charge >= 0.3 is 0 Å². The zero-order valence-corrected chi connectivity index (χ0v) is 10.8. The number of benzene rings is 1. The molecule has 2 N–H and O–H groups in total. The quantitative estimate of drug-likeness (QED) is 0.777. The van der Waals surface area contributed by atoms with Gasteiger partial charge in [0, 0.05) is 6.54 Å². The maximum Gasteiger partial charge on any atom is 0.0942 e. The fraction of sp³-hybridized carbons (Fsp3) is 0.500. The molecule has 0 aliphatic carbocycles. The van der Waals surface area contributed by atoms with Crippen LogP contribution in [0.25, 0.3) is 0 Å². The minimum atomic E-state index is 0.131. The molecule has 0 atom stereocenters. The van der Waals surface area contributed by atoms with E-state index < -0.39 is 0 Å². The average molecular weight is 252 g/mol. The Morgan fingerprint density at radius 1 is 1.00 bits per heavy atom. The molecule has 0 amide bonds. The molecule has 1 saturated heterocycles. The second kappa shape index (κ2) is 5.64. The highest BCUT2D eigenvalue weighted by Gasteiger charge is 2.17. The van der Waals surface area contributed by atoms with Gasteiger partial charge in [0.05, 0.1) is 25.7 Å². The van der Waals surface area contributed by atoms with Gasteiger partial charge in [-0.3, -0.25) is 25.1 Å². The average Bonchev–Trinajstić information content (AvgIpc) is 2.28. The van der Waals surface area contributed by atoms with Crippen molar-refractivity contribution in [3.05, 3.63) is 29.8 Å². The fourth-order valence-corrected chi connectivity index (χ4v) is 2.32. The number of anilines is 1. The van der Waals surface area contributed by atoms with Crippen molar-refractivity contribution in [3.8, 4) is 0 Å². The third-order valence-electron chi connectivity index (χ3n) is 2.94. The van der Waals surface area contributed by atoms with Crippen LogP contribution in [0.15, 0.2) is 24.3 Å². The largest absolute Gasteiger partial charge is 0.280 e. The van der Waals surface area contributed by atoms with Gasteiger partial charge in [0.1, 0.15) is 0 Å². The Kier molecular flexibility index (Phi) is 4.15. The van der Waals surface area contributed by atoms with Crippen molar-refractivity contribution in [1.82, 2.24) is 14.7 Å². The summed E-state index contributed by atoms with van der Waals surface area (Å²) in [4.78, 5) is 6.83. The number of nitrogens with zero attached hydrogens (tertiary/aromatic N) is 4. The van der Waals surface area contributed by atoms with E-state index in [1.807, 2.05) is 12.1 Å². The van der Waals surface area contributed by atoms with E-state index in [4.69, 9.17) is 10.4 Å². The first-order valence-electron chi connectivity index (χ1n) is 5.91. The molecule has 6 heteroatoms. The number of hydrogen-bond donors (Lipinski definition) is 2. The molecule has 0 radical (unpaired) electrons. The first-order valence-corrected chi connectivity index (χ1v) is 5.91. The van der Waals surface area contributed by atoms with E-state index in [2.05, 4.69) is 28.8 Å². The molecule has 0 bridgehead atoms. The Balaban J connectivity index is 1.96. The molecule has 100 valence electrons. The van der Waals surface area contributed by atoms with Gasteiger partial charge in [0.2, 0.25) is 0 Å². The van der Waals surface area contributed by atoms with Crippen molar-refractivity contribution in [2.24, 2.45) is 0 Å². The summed E-state index contributed by atoms with van der Waals surface area (Å²) in [5, 5.41) is 17.9. The Hall–Kier alpha value is -1.18. The van der Waals surface area contributed by atoms with Gasteiger partial charge in [-0.25, -0.2) is 0 Å². The maximum atomic E-state index is 8.87. The molecular weight excluding hydrogens is 232 g/mol. The van der Waals surface area contributed by atoms with Crippen LogP contribution in [-0.4, -0.2) is 59.2 Å². The van der Waals surface area contributed by atoms with Crippen LogP contribution in [0.2, 0.25) is 0 Å². The lowest BCUT2D eigenvalue weighted by Crippen LogP contribution is -2.51. The van der Waals surface area contributed by atoms with E-state index in [9.17, 15) is 0 Å². The third kappa shape index (κ3) is 3.41. The number of rotatable bonds is 3. The Labute approximate surface area is 107 Å². The van der Waals surface area contributed by atoms with E-state index in [1.54, 1.807) is 12.1 Å². The lowest BCUT2D eigenvalue weighted by molar-refractivity contribution is -0.00600. The predicted octanol–water partition coefficient (Wildman–Crippen LogP) is 0.823. The van der Waals surface area contributed by atoms with Crippen molar-refractivity contribution in [3.63, 3.8) is 0 Å². The van der Waals surface area contributed by atoms with Gasteiger partial charge in [-0.15, -0.1) is 5.23 Å². The zero-order chi connectivity index (χ0) is 13.1. The van der Waals surface area contributed by atoms with Crippen LogP contribution in [0.3, 0.4) is 0 Å². The molecule has 1 aliphatic rings. The maximum absolute atomic E-state index is 8.87. The second-order valence-electron chi connectivity index (χ2n) is 4.92. The molecule has 1 aliphatic heterocycles. The van der Waals surface area contributed by atoms with Crippen molar-refractivity contribution >= 4 is 5.69 Å².